The molecule has 0 fully saturated rings. The van der Waals surface area contributed by atoms with Crippen LogP contribution in [0.15, 0.2) is 54.6 Å². The number of rotatable bonds is 6. The highest BCUT2D eigenvalue weighted by Crippen LogP contribution is 2.24. The van der Waals surface area contributed by atoms with Crippen molar-refractivity contribution in [2.24, 2.45) is 0 Å². The molecule has 0 unspecified atom stereocenters. The van der Waals surface area contributed by atoms with Gasteiger partial charge in [0.15, 0.2) is 6.61 Å². The first-order valence-corrected chi connectivity index (χ1v) is 8.44. The Labute approximate surface area is 146 Å². The zero-order valence-corrected chi connectivity index (χ0v) is 14.4. The van der Waals surface area contributed by atoms with E-state index in [2.05, 4.69) is 4.98 Å². The number of aromatic nitrogens is 1. The van der Waals surface area contributed by atoms with Crippen molar-refractivity contribution in [3.05, 3.63) is 71.4 Å². The van der Waals surface area contributed by atoms with Crippen LogP contribution in [-0.4, -0.2) is 23.3 Å². The van der Waals surface area contributed by atoms with Crippen LogP contribution in [0.2, 0.25) is 0 Å². The molecular formula is C21H21NO3. The van der Waals surface area contributed by atoms with E-state index < -0.39 is 0 Å². The number of H-pyrrole nitrogens is 1. The molecule has 1 N–H and O–H groups in total. The standard InChI is InChI=1S/C21H21NO3/c1-3-16(15-9-5-4-6-10-15)21(24)25-13-19(23)20-14(2)22-18-12-8-7-11-17(18)20/h4-12,16,22H,3,13H2,1-2H3/t16-/m1/s1. The second-order valence-electron chi connectivity index (χ2n) is 6.07. The van der Waals surface area contributed by atoms with E-state index in [9.17, 15) is 9.59 Å². The summed E-state index contributed by atoms with van der Waals surface area (Å²) in [5.74, 6) is -0.899. The van der Waals surface area contributed by atoms with Gasteiger partial charge < -0.3 is 9.72 Å². The van der Waals surface area contributed by atoms with Crippen molar-refractivity contribution in [3.63, 3.8) is 0 Å². The van der Waals surface area contributed by atoms with E-state index in [1.54, 1.807) is 0 Å². The minimum absolute atomic E-state index is 0.189. The maximum absolute atomic E-state index is 12.6. The van der Waals surface area contributed by atoms with Crippen molar-refractivity contribution in [3.8, 4) is 0 Å². The Hall–Kier alpha value is -2.88. The number of ether oxygens (including phenoxy) is 1. The number of Topliss-reactive ketones (excluding diaryl/α,β-unsaturated/α-hetero) is 1. The number of nitrogens with one attached hydrogen (secondary N) is 1. The molecule has 0 spiro atoms. The fourth-order valence-electron chi connectivity index (χ4n) is 3.17. The van der Waals surface area contributed by atoms with Gasteiger partial charge in [0.05, 0.1) is 5.92 Å². The first-order chi connectivity index (χ1) is 12.1. The monoisotopic (exact) mass is 335 g/mol. The van der Waals surface area contributed by atoms with Gasteiger partial charge in [-0.1, -0.05) is 55.5 Å². The average Bonchev–Trinajstić information content (AvgIpc) is 2.97. The van der Waals surface area contributed by atoms with Crippen molar-refractivity contribution in [2.45, 2.75) is 26.2 Å². The van der Waals surface area contributed by atoms with E-state index in [4.69, 9.17) is 4.74 Å². The number of carbonyl (C=O) groups is 2. The molecule has 0 aliphatic rings. The zero-order chi connectivity index (χ0) is 17.8. The van der Waals surface area contributed by atoms with E-state index in [0.717, 1.165) is 22.2 Å². The van der Waals surface area contributed by atoms with Crippen LogP contribution in [0.1, 0.15) is 40.9 Å². The van der Waals surface area contributed by atoms with E-state index in [1.165, 1.54) is 0 Å². The Morgan fingerprint density at radius 3 is 2.44 bits per heavy atom. The summed E-state index contributed by atoms with van der Waals surface area (Å²) in [6.07, 6.45) is 0.628. The minimum atomic E-state index is -0.362. The first-order valence-electron chi connectivity index (χ1n) is 8.44. The fraction of sp³-hybridized carbons (Fsp3) is 0.238. The van der Waals surface area contributed by atoms with Gasteiger partial charge >= 0.3 is 5.97 Å². The van der Waals surface area contributed by atoms with E-state index in [0.29, 0.717) is 12.0 Å². The van der Waals surface area contributed by atoms with Gasteiger partial charge in [-0.3, -0.25) is 9.59 Å². The van der Waals surface area contributed by atoms with E-state index in [-0.39, 0.29) is 24.3 Å². The molecule has 0 saturated carbocycles. The first kappa shape index (κ1) is 17.0. The van der Waals surface area contributed by atoms with Crippen LogP contribution >= 0.6 is 0 Å². The topological polar surface area (TPSA) is 59.2 Å². The molecule has 128 valence electrons. The molecule has 1 aromatic heterocycles. The maximum atomic E-state index is 12.6. The lowest BCUT2D eigenvalue weighted by atomic mass is 9.97. The molecule has 1 atom stereocenters. The Morgan fingerprint density at radius 2 is 1.72 bits per heavy atom. The second kappa shape index (κ2) is 7.34. The molecule has 0 bridgehead atoms. The lowest BCUT2D eigenvalue weighted by Gasteiger charge is -2.14. The number of benzene rings is 2. The average molecular weight is 335 g/mol. The lowest BCUT2D eigenvalue weighted by Crippen LogP contribution is -2.20. The molecule has 1 heterocycles. The predicted octanol–water partition coefficient (Wildman–Crippen LogP) is 4.40. The molecule has 0 radical (unpaired) electrons. The van der Waals surface area contributed by atoms with E-state index in [1.807, 2.05) is 68.4 Å². The summed E-state index contributed by atoms with van der Waals surface area (Å²) < 4.78 is 5.34. The summed E-state index contributed by atoms with van der Waals surface area (Å²) in [6.45, 7) is 3.54. The summed E-state index contributed by atoms with van der Waals surface area (Å²) in [6, 6.07) is 17.1. The van der Waals surface area contributed by atoms with Crippen molar-refractivity contribution < 1.29 is 14.3 Å². The summed E-state index contributed by atoms with van der Waals surface area (Å²) in [4.78, 5) is 28.2. The van der Waals surface area contributed by atoms with Gasteiger partial charge in [-0.05, 0) is 25.0 Å². The van der Waals surface area contributed by atoms with E-state index >= 15 is 0 Å². The van der Waals surface area contributed by atoms with Crippen LogP contribution in [0.5, 0.6) is 0 Å². The number of hydrogen-bond donors (Lipinski definition) is 1. The summed E-state index contributed by atoms with van der Waals surface area (Å²) in [5.41, 5.74) is 3.20. The van der Waals surface area contributed by atoms with Crippen LogP contribution in [0.25, 0.3) is 10.9 Å². The van der Waals surface area contributed by atoms with Gasteiger partial charge in [-0.2, -0.15) is 0 Å². The van der Waals surface area contributed by atoms with Gasteiger partial charge in [0, 0.05) is 22.2 Å². The Morgan fingerprint density at radius 1 is 1.04 bits per heavy atom. The summed E-state index contributed by atoms with van der Waals surface area (Å²) in [5, 5.41) is 0.858. The number of aromatic amines is 1. The van der Waals surface area contributed by atoms with Crippen LogP contribution in [0.3, 0.4) is 0 Å². The Bertz CT molecular complexity index is 896. The molecule has 2 aromatic carbocycles. The molecule has 0 aliphatic carbocycles. The third-order valence-corrected chi connectivity index (χ3v) is 4.41. The van der Waals surface area contributed by atoms with Crippen molar-refractivity contribution in [1.29, 1.82) is 0 Å². The van der Waals surface area contributed by atoms with Crippen LogP contribution < -0.4 is 0 Å². The largest absolute Gasteiger partial charge is 0.457 e. The number of hydrogen-bond acceptors (Lipinski definition) is 3. The molecule has 3 aromatic rings. The molecule has 4 nitrogen and oxygen atoms in total. The quantitative estimate of drug-likeness (QED) is 0.537. The number of carbonyl (C=O) groups excluding carboxylic acids is 2. The third-order valence-electron chi connectivity index (χ3n) is 4.41. The number of esters is 1. The highest BCUT2D eigenvalue weighted by molar-refractivity contribution is 6.10. The van der Waals surface area contributed by atoms with Gasteiger partial charge in [0.25, 0.3) is 0 Å². The summed E-state index contributed by atoms with van der Waals surface area (Å²) >= 11 is 0. The Balaban J connectivity index is 1.73. The number of aryl methyl sites for hydroxylation is 1. The number of ketones is 1. The predicted molar refractivity (Wildman–Crippen MR) is 97.8 cm³/mol. The molecule has 3 rings (SSSR count). The second-order valence-corrected chi connectivity index (χ2v) is 6.07. The van der Waals surface area contributed by atoms with Crippen LogP contribution in [0.4, 0.5) is 0 Å². The molecule has 0 amide bonds. The van der Waals surface area contributed by atoms with Crippen molar-refractivity contribution >= 4 is 22.7 Å². The normalized spacial score (nSPS) is 12.1. The smallest absolute Gasteiger partial charge is 0.313 e. The summed E-state index contributed by atoms with van der Waals surface area (Å²) in [7, 11) is 0. The SMILES string of the molecule is CC[C@@H](C(=O)OCC(=O)c1c(C)[nH]c2ccccc12)c1ccccc1. The maximum Gasteiger partial charge on any atom is 0.313 e. The molecule has 0 aliphatic heterocycles. The zero-order valence-electron chi connectivity index (χ0n) is 14.4. The number of para-hydroxylation sites is 1. The van der Waals surface area contributed by atoms with Crippen molar-refractivity contribution in [2.75, 3.05) is 6.61 Å². The van der Waals surface area contributed by atoms with Crippen LogP contribution in [-0.2, 0) is 9.53 Å². The highest BCUT2D eigenvalue weighted by Gasteiger charge is 2.22. The van der Waals surface area contributed by atoms with Gasteiger partial charge in [-0.15, -0.1) is 0 Å². The van der Waals surface area contributed by atoms with Gasteiger partial charge in [-0.25, -0.2) is 0 Å². The minimum Gasteiger partial charge on any atom is -0.457 e. The third kappa shape index (κ3) is 3.48. The highest BCUT2D eigenvalue weighted by atomic mass is 16.5. The van der Waals surface area contributed by atoms with Gasteiger partial charge in [0.2, 0.25) is 5.78 Å². The Kier molecular flexibility index (Phi) is 4.98. The number of fused-ring (bicyclic) bond motifs is 1. The van der Waals surface area contributed by atoms with Crippen molar-refractivity contribution in [1.82, 2.24) is 4.98 Å². The molecule has 0 saturated heterocycles. The van der Waals surface area contributed by atoms with Gasteiger partial charge in [0.1, 0.15) is 0 Å². The van der Waals surface area contributed by atoms with Crippen LogP contribution in [0, 0.1) is 6.92 Å². The molecule has 4 heteroatoms. The fourth-order valence-corrected chi connectivity index (χ4v) is 3.17. The lowest BCUT2D eigenvalue weighted by molar-refractivity contribution is -0.144. The molecule has 25 heavy (non-hydrogen) atoms. The molecular weight excluding hydrogens is 314 g/mol.